The zero-order valence-corrected chi connectivity index (χ0v) is 9.46. The monoisotopic (exact) mass is 245 g/mol. The van der Waals surface area contributed by atoms with Gasteiger partial charge in [-0.2, -0.15) is 0 Å². The molecule has 0 saturated heterocycles. The summed E-state index contributed by atoms with van der Waals surface area (Å²) < 4.78 is 0. The molecule has 2 rings (SSSR count). The highest BCUT2D eigenvalue weighted by Crippen LogP contribution is 2.30. The average molecular weight is 245 g/mol. The van der Waals surface area contributed by atoms with E-state index in [-0.39, 0.29) is 4.87 Å². The number of hydrogen-bond donors (Lipinski definition) is 3. The van der Waals surface area contributed by atoms with Gasteiger partial charge in [0.25, 0.3) is 0 Å². The minimum Gasteiger partial charge on any atom is -0.382 e. The van der Waals surface area contributed by atoms with Gasteiger partial charge >= 0.3 is 4.87 Å². The van der Waals surface area contributed by atoms with Crippen LogP contribution in [0, 0.1) is 0 Å². The summed E-state index contributed by atoms with van der Waals surface area (Å²) in [7, 11) is 0. The number of H-pyrrole nitrogens is 1. The summed E-state index contributed by atoms with van der Waals surface area (Å²) in [5, 5.41) is 12.2. The van der Waals surface area contributed by atoms with E-state index >= 15 is 0 Å². The molecule has 0 fully saturated rings. The summed E-state index contributed by atoms with van der Waals surface area (Å²) in [6, 6.07) is 3.68. The number of aromatic nitrogens is 1. The molecule has 1 atom stereocenters. The maximum Gasteiger partial charge on any atom is 0.305 e. The van der Waals surface area contributed by atoms with Crippen molar-refractivity contribution in [3.8, 4) is 0 Å². The molecule has 0 aromatic carbocycles. The summed E-state index contributed by atoms with van der Waals surface area (Å²) >= 11 is 6.53. The van der Waals surface area contributed by atoms with Crippen LogP contribution in [0.2, 0.25) is 0 Å². The van der Waals surface area contributed by atoms with Gasteiger partial charge in [-0.25, -0.2) is 0 Å². The predicted octanol–water partition coefficient (Wildman–Crippen LogP) is 1.87. The summed E-state index contributed by atoms with van der Waals surface area (Å²) in [5.74, 6) is 0. The van der Waals surface area contributed by atoms with Gasteiger partial charge < -0.3 is 10.1 Å². The second kappa shape index (κ2) is 3.90. The van der Waals surface area contributed by atoms with Gasteiger partial charge in [0.05, 0.1) is 9.90 Å². The average Bonchev–Trinajstić information content (AvgIpc) is 2.73. The van der Waals surface area contributed by atoms with E-state index in [1.54, 1.807) is 0 Å². The van der Waals surface area contributed by atoms with Crippen LogP contribution in [0.1, 0.15) is 15.9 Å². The summed E-state index contributed by atoms with van der Waals surface area (Å²) in [6.45, 7) is 0. The smallest absolute Gasteiger partial charge is 0.305 e. The number of thiophene rings is 1. The van der Waals surface area contributed by atoms with Crippen molar-refractivity contribution in [1.29, 1.82) is 0 Å². The lowest BCUT2D eigenvalue weighted by molar-refractivity contribution is 0.225. The standard InChI is InChI=1S/C8H7NO2S3/c10-5(4-2-1-3-13-4)6-7(12)9-8(11)14-6/h1-3,5,10,12H,(H,9,11). The molecule has 0 aliphatic heterocycles. The first-order chi connectivity index (χ1) is 6.68. The molecular weight excluding hydrogens is 238 g/mol. The highest BCUT2D eigenvalue weighted by molar-refractivity contribution is 7.80. The summed E-state index contributed by atoms with van der Waals surface area (Å²) in [4.78, 5) is 14.7. The van der Waals surface area contributed by atoms with Crippen molar-refractivity contribution in [1.82, 2.24) is 4.98 Å². The molecule has 2 heterocycles. The molecule has 3 nitrogen and oxygen atoms in total. The van der Waals surface area contributed by atoms with E-state index in [2.05, 4.69) is 17.6 Å². The van der Waals surface area contributed by atoms with Gasteiger partial charge in [-0.1, -0.05) is 17.4 Å². The molecule has 2 N–H and O–H groups in total. The van der Waals surface area contributed by atoms with Crippen LogP contribution in [-0.4, -0.2) is 10.1 Å². The SMILES string of the molecule is O=c1[nH]c(S)c(C(O)c2cccs2)s1. The van der Waals surface area contributed by atoms with Crippen LogP contribution in [0.5, 0.6) is 0 Å². The van der Waals surface area contributed by atoms with Gasteiger partial charge in [0.1, 0.15) is 6.10 Å². The fraction of sp³-hybridized carbons (Fsp3) is 0.125. The lowest BCUT2D eigenvalue weighted by atomic mass is 10.2. The fourth-order valence-electron chi connectivity index (χ4n) is 1.09. The lowest BCUT2D eigenvalue weighted by Crippen LogP contribution is -1.94. The van der Waals surface area contributed by atoms with Crippen LogP contribution in [0.15, 0.2) is 27.3 Å². The number of thiol groups is 1. The number of rotatable bonds is 2. The van der Waals surface area contributed by atoms with E-state index in [0.717, 1.165) is 16.2 Å². The van der Waals surface area contributed by atoms with Crippen LogP contribution in [-0.2, 0) is 0 Å². The van der Waals surface area contributed by atoms with E-state index < -0.39 is 6.10 Å². The van der Waals surface area contributed by atoms with E-state index in [1.165, 1.54) is 11.3 Å². The third-order valence-electron chi connectivity index (χ3n) is 1.72. The Morgan fingerprint density at radius 3 is 2.86 bits per heavy atom. The Labute approximate surface area is 93.5 Å². The van der Waals surface area contributed by atoms with Crippen LogP contribution < -0.4 is 4.87 Å². The number of nitrogens with one attached hydrogen (secondary N) is 1. The minimum absolute atomic E-state index is 0.194. The Hall–Kier alpha value is -0.560. The van der Waals surface area contributed by atoms with E-state index in [4.69, 9.17) is 0 Å². The molecular formula is C8H7NO2S3. The predicted molar refractivity (Wildman–Crippen MR) is 60.6 cm³/mol. The number of aliphatic hydroxyl groups is 1. The third kappa shape index (κ3) is 1.78. The molecule has 74 valence electrons. The minimum atomic E-state index is -0.744. The number of aliphatic hydroxyl groups excluding tert-OH is 1. The zero-order chi connectivity index (χ0) is 10.1. The first kappa shape index (κ1) is 9.97. The molecule has 0 amide bonds. The van der Waals surface area contributed by atoms with Gasteiger partial charge in [0, 0.05) is 4.88 Å². The second-order valence-electron chi connectivity index (χ2n) is 2.65. The zero-order valence-electron chi connectivity index (χ0n) is 6.93. The Kier molecular flexibility index (Phi) is 2.78. The Balaban J connectivity index is 2.41. The maximum atomic E-state index is 11.0. The molecule has 0 saturated carbocycles. The Morgan fingerprint density at radius 2 is 2.36 bits per heavy atom. The number of aromatic amines is 1. The molecule has 0 aliphatic rings. The molecule has 0 bridgehead atoms. The van der Waals surface area contributed by atoms with Gasteiger partial charge in [0.2, 0.25) is 0 Å². The largest absolute Gasteiger partial charge is 0.382 e. The highest BCUT2D eigenvalue weighted by atomic mass is 32.1. The molecule has 6 heteroatoms. The second-order valence-corrected chi connectivity index (χ2v) is 5.09. The van der Waals surface area contributed by atoms with E-state index in [1.807, 2.05) is 17.5 Å². The Bertz CT molecular complexity index is 471. The van der Waals surface area contributed by atoms with Crippen LogP contribution >= 0.6 is 35.3 Å². The molecule has 0 radical (unpaired) electrons. The van der Waals surface area contributed by atoms with Crippen LogP contribution in [0.25, 0.3) is 0 Å². The van der Waals surface area contributed by atoms with Crippen LogP contribution in [0.4, 0.5) is 0 Å². The summed E-state index contributed by atoms with van der Waals surface area (Å²) in [5.41, 5.74) is 0. The highest BCUT2D eigenvalue weighted by Gasteiger charge is 2.17. The molecule has 0 aliphatic carbocycles. The number of thiazole rings is 1. The fourth-order valence-corrected chi connectivity index (χ4v) is 3.06. The molecule has 2 aromatic rings. The normalized spacial score (nSPS) is 13.0. The van der Waals surface area contributed by atoms with Crippen molar-refractivity contribution in [2.75, 3.05) is 0 Å². The van der Waals surface area contributed by atoms with Crippen molar-refractivity contribution < 1.29 is 5.11 Å². The Morgan fingerprint density at radius 1 is 1.57 bits per heavy atom. The van der Waals surface area contributed by atoms with Crippen molar-refractivity contribution in [3.63, 3.8) is 0 Å². The summed E-state index contributed by atoms with van der Waals surface area (Å²) in [6.07, 6.45) is -0.744. The topological polar surface area (TPSA) is 53.1 Å². The van der Waals surface area contributed by atoms with E-state index in [9.17, 15) is 9.90 Å². The van der Waals surface area contributed by atoms with Crippen molar-refractivity contribution in [2.24, 2.45) is 0 Å². The first-order valence-electron chi connectivity index (χ1n) is 3.82. The first-order valence-corrected chi connectivity index (χ1v) is 5.96. The van der Waals surface area contributed by atoms with Crippen molar-refractivity contribution >= 4 is 35.3 Å². The van der Waals surface area contributed by atoms with E-state index in [0.29, 0.717) is 9.90 Å². The quantitative estimate of drug-likeness (QED) is 0.707. The van der Waals surface area contributed by atoms with Crippen LogP contribution in [0.3, 0.4) is 0 Å². The molecule has 0 spiro atoms. The van der Waals surface area contributed by atoms with Crippen molar-refractivity contribution in [2.45, 2.75) is 11.1 Å². The van der Waals surface area contributed by atoms with Crippen molar-refractivity contribution in [3.05, 3.63) is 36.9 Å². The van der Waals surface area contributed by atoms with Gasteiger partial charge in [-0.05, 0) is 11.4 Å². The van der Waals surface area contributed by atoms with Gasteiger partial charge in [-0.15, -0.1) is 24.0 Å². The van der Waals surface area contributed by atoms with Gasteiger partial charge in [0.15, 0.2) is 0 Å². The van der Waals surface area contributed by atoms with Gasteiger partial charge in [-0.3, -0.25) is 4.79 Å². The lowest BCUT2D eigenvalue weighted by Gasteiger charge is -2.05. The third-order valence-corrected chi connectivity index (χ3v) is 4.08. The number of hydrogen-bond acceptors (Lipinski definition) is 5. The molecule has 14 heavy (non-hydrogen) atoms. The molecule has 1 unspecified atom stereocenters. The maximum absolute atomic E-state index is 11.0. The molecule has 2 aromatic heterocycles.